The molecule has 3 rings (SSSR count). The minimum absolute atomic E-state index is 0.703. The second-order valence-electron chi connectivity index (χ2n) is 3.48. The summed E-state index contributed by atoms with van der Waals surface area (Å²) in [7, 11) is 0. The van der Waals surface area contributed by atoms with Crippen molar-refractivity contribution in [1.82, 2.24) is 9.55 Å². The number of oxazole rings is 1. The van der Waals surface area contributed by atoms with Crippen molar-refractivity contribution in [3.63, 3.8) is 0 Å². The molecule has 0 bridgehead atoms. The topological polar surface area (TPSA) is 31.0 Å². The number of hydrogen-bond acceptors (Lipinski definition) is 2. The maximum atomic E-state index is 5.48. The molecule has 0 amide bonds. The molecular weight excluding hydrogens is 188 g/mol. The Morgan fingerprint density at radius 1 is 1.20 bits per heavy atom. The molecule has 2 heterocycles. The lowest BCUT2D eigenvalue weighted by Gasteiger charge is -2.00. The number of fused-ring (bicyclic) bond motifs is 1. The molecule has 0 aliphatic carbocycles. The summed E-state index contributed by atoms with van der Waals surface area (Å²) >= 11 is 0. The quantitative estimate of drug-likeness (QED) is 0.602. The molecular formula is C12H10N2O. The molecule has 2 aromatic heterocycles. The lowest BCUT2D eigenvalue weighted by atomic mass is 10.3. The van der Waals surface area contributed by atoms with Gasteiger partial charge in [-0.05, 0) is 24.3 Å². The Balaban J connectivity index is 2.21. The van der Waals surface area contributed by atoms with E-state index in [1.165, 1.54) is 0 Å². The van der Waals surface area contributed by atoms with E-state index in [9.17, 15) is 0 Å². The van der Waals surface area contributed by atoms with Crippen LogP contribution in [-0.2, 0) is 0 Å². The lowest BCUT2D eigenvalue weighted by Crippen LogP contribution is -1.87. The van der Waals surface area contributed by atoms with Crippen molar-refractivity contribution in [2.24, 2.45) is 0 Å². The van der Waals surface area contributed by atoms with Crippen LogP contribution < -0.4 is 0 Å². The fourth-order valence-electron chi connectivity index (χ4n) is 1.70. The van der Waals surface area contributed by atoms with Gasteiger partial charge in [0, 0.05) is 31.1 Å². The normalized spacial score (nSPS) is 11.0. The number of rotatable bonds is 1. The molecule has 3 aromatic rings. The van der Waals surface area contributed by atoms with Gasteiger partial charge in [0.1, 0.15) is 5.52 Å². The fourth-order valence-corrected chi connectivity index (χ4v) is 1.70. The minimum Gasteiger partial charge on any atom is -0.441 e. The van der Waals surface area contributed by atoms with Crippen LogP contribution in [0, 0.1) is 6.92 Å². The molecule has 0 spiro atoms. The first-order chi connectivity index (χ1) is 7.33. The van der Waals surface area contributed by atoms with Crippen molar-refractivity contribution >= 4 is 11.1 Å². The highest BCUT2D eigenvalue weighted by Crippen LogP contribution is 2.19. The molecule has 1 aromatic carbocycles. The number of aryl methyl sites for hydroxylation is 1. The van der Waals surface area contributed by atoms with E-state index in [-0.39, 0.29) is 0 Å². The van der Waals surface area contributed by atoms with Crippen LogP contribution in [0.2, 0.25) is 0 Å². The zero-order chi connectivity index (χ0) is 10.3. The first kappa shape index (κ1) is 8.29. The number of nitrogens with zero attached hydrogens (tertiary/aromatic N) is 2. The third kappa shape index (κ3) is 1.32. The predicted octanol–water partition coefficient (Wildman–Crippen LogP) is 2.93. The van der Waals surface area contributed by atoms with Gasteiger partial charge in [-0.1, -0.05) is 0 Å². The van der Waals surface area contributed by atoms with E-state index >= 15 is 0 Å². The highest BCUT2D eigenvalue weighted by atomic mass is 16.3. The van der Waals surface area contributed by atoms with Crippen LogP contribution in [0.15, 0.2) is 47.1 Å². The Morgan fingerprint density at radius 3 is 2.80 bits per heavy atom. The molecule has 0 radical (unpaired) electrons. The Bertz CT molecular complexity index is 593. The van der Waals surface area contributed by atoms with Crippen molar-refractivity contribution in [2.75, 3.05) is 0 Å². The SMILES string of the molecule is Cc1nc2ccc(-n3cccc3)cc2o1. The highest BCUT2D eigenvalue weighted by molar-refractivity contribution is 5.75. The molecule has 0 unspecified atom stereocenters. The summed E-state index contributed by atoms with van der Waals surface area (Å²) in [6.07, 6.45) is 4.01. The molecule has 0 atom stereocenters. The van der Waals surface area contributed by atoms with Gasteiger partial charge >= 0.3 is 0 Å². The fraction of sp³-hybridized carbons (Fsp3) is 0.0833. The van der Waals surface area contributed by atoms with E-state index in [0.29, 0.717) is 5.89 Å². The van der Waals surface area contributed by atoms with E-state index in [2.05, 4.69) is 4.98 Å². The summed E-state index contributed by atoms with van der Waals surface area (Å²) in [5.74, 6) is 0.703. The average molecular weight is 198 g/mol. The maximum Gasteiger partial charge on any atom is 0.192 e. The van der Waals surface area contributed by atoms with Gasteiger partial charge in [0.2, 0.25) is 0 Å². The molecule has 3 nitrogen and oxygen atoms in total. The van der Waals surface area contributed by atoms with Crippen molar-refractivity contribution < 1.29 is 4.42 Å². The predicted molar refractivity (Wildman–Crippen MR) is 58.1 cm³/mol. The summed E-state index contributed by atoms with van der Waals surface area (Å²) in [6.45, 7) is 1.86. The van der Waals surface area contributed by atoms with E-state index in [4.69, 9.17) is 4.42 Å². The van der Waals surface area contributed by atoms with E-state index in [0.717, 1.165) is 16.8 Å². The second kappa shape index (κ2) is 2.98. The molecule has 0 aliphatic heterocycles. The lowest BCUT2D eigenvalue weighted by molar-refractivity contribution is 0.561. The summed E-state index contributed by atoms with van der Waals surface area (Å²) < 4.78 is 7.52. The number of benzene rings is 1. The third-order valence-electron chi connectivity index (χ3n) is 2.38. The molecule has 0 saturated carbocycles. The number of aromatic nitrogens is 2. The summed E-state index contributed by atoms with van der Waals surface area (Å²) in [6, 6.07) is 9.99. The van der Waals surface area contributed by atoms with Crippen LogP contribution in [0.1, 0.15) is 5.89 Å². The van der Waals surface area contributed by atoms with Crippen molar-refractivity contribution in [2.45, 2.75) is 6.92 Å². The smallest absolute Gasteiger partial charge is 0.192 e. The van der Waals surface area contributed by atoms with Gasteiger partial charge in [-0.2, -0.15) is 0 Å². The van der Waals surface area contributed by atoms with Crippen LogP contribution in [0.25, 0.3) is 16.8 Å². The molecule has 0 saturated heterocycles. The molecule has 15 heavy (non-hydrogen) atoms. The Kier molecular flexibility index (Phi) is 1.65. The van der Waals surface area contributed by atoms with Crippen LogP contribution in [0.3, 0.4) is 0 Å². The standard InChI is InChI=1S/C12H10N2O/c1-9-13-11-5-4-10(8-12(11)15-9)14-6-2-3-7-14/h2-8H,1H3. The van der Waals surface area contributed by atoms with Crippen molar-refractivity contribution in [3.05, 3.63) is 48.6 Å². The van der Waals surface area contributed by atoms with Gasteiger partial charge in [0.25, 0.3) is 0 Å². The Morgan fingerprint density at radius 2 is 2.00 bits per heavy atom. The monoisotopic (exact) mass is 198 g/mol. The van der Waals surface area contributed by atoms with Gasteiger partial charge in [0.15, 0.2) is 11.5 Å². The minimum atomic E-state index is 0.703. The van der Waals surface area contributed by atoms with Gasteiger partial charge in [-0.25, -0.2) is 4.98 Å². The average Bonchev–Trinajstić information content (AvgIpc) is 2.82. The van der Waals surface area contributed by atoms with E-state index < -0.39 is 0 Å². The molecule has 3 heteroatoms. The summed E-state index contributed by atoms with van der Waals surface area (Å²) in [4.78, 5) is 4.26. The first-order valence-corrected chi connectivity index (χ1v) is 4.83. The highest BCUT2D eigenvalue weighted by Gasteiger charge is 2.03. The van der Waals surface area contributed by atoms with Crippen molar-refractivity contribution in [3.8, 4) is 5.69 Å². The van der Waals surface area contributed by atoms with E-state index in [1.54, 1.807) is 0 Å². The molecule has 74 valence electrons. The second-order valence-corrected chi connectivity index (χ2v) is 3.48. The third-order valence-corrected chi connectivity index (χ3v) is 2.38. The number of hydrogen-bond donors (Lipinski definition) is 0. The zero-order valence-electron chi connectivity index (χ0n) is 8.34. The molecule has 0 fully saturated rings. The molecule has 0 N–H and O–H groups in total. The van der Waals surface area contributed by atoms with Gasteiger partial charge in [-0.3, -0.25) is 0 Å². The van der Waals surface area contributed by atoms with Crippen LogP contribution >= 0.6 is 0 Å². The van der Waals surface area contributed by atoms with Gasteiger partial charge in [0.05, 0.1) is 0 Å². The molecule has 0 aliphatic rings. The largest absolute Gasteiger partial charge is 0.441 e. The Labute approximate surface area is 87.0 Å². The van der Waals surface area contributed by atoms with E-state index in [1.807, 2.05) is 54.2 Å². The zero-order valence-corrected chi connectivity index (χ0v) is 8.34. The van der Waals surface area contributed by atoms with Crippen molar-refractivity contribution in [1.29, 1.82) is 0 Å². The maximum absolute atomic E-state index is 5.48. The van der Waals surface area contributed by atoms with Crippen LogP contribution in [-0.4, -0.2) is 9.55 Å². The van der Waals surface area contributed by atoms with Gasteiger partial charge in [-0.15, -0.1) is 0 Å². The Hall–Kier alpha value is -2.03. The summed E-state index contributed by atoms with van der Waals surface area (Å²) in [5.41, 5.74) is 2.82. The van der Waals surface area contributed by atoms with Gasteiger partial charge < -0.3 is 8.98 Å². The summed E-state index contributed by atoms with van der Waals surface area (Å²) in [5, 5.41) is 0. The van der Waals surface area contributed by atoms with Crippen LogP contribution in [0.4, 0.5) is 0 Å². The first-order valence-electron chi connectivity index (χ1n) is 4.83. The van der Waals surface area contributed by atoms with Crippen LogP contribution in [0.5, 0.6) is 0 Å².